The van der Waals surface area contributed by atoms with Gasteiger partial charge in [-0.15, -0.1) is 0 Å². The molecular formula is C13H19ClOS. The van der Waals surface area contributed by atoms with Gasteiger partial charge in [-0.2, -0.15) is 11.8 Å². The smallest absolute Gasteiger partial charge is 0.122 e. The highest BCUT2D eigenvalue weighted by atomic mass is 35.5. The molecule has 1 rings (SSSR count). The number of benzene rings is 1. The molecule has 0 aliphatic carbocycles. The lowest BCUT2D eigenvalue weighted by Gasteiger charge is -2.14. The summed E-state index contributed by atoms with van der Waals surface area (Å²) in [6.07, 6.45) is 2.08. The molecule has 0 amide bonds. The van der Waals surface area contributed by atoms with Gasteiger partial charge in [-0.25, -0.2) is 0 Å². The molecule has 0 spiro atoms. The number of halogens is 1. The summed E-state index contributed by atoms with van der Waals surface area (Å²) >= 11 is 7.99. The molecule has 0 aliphatic rings. The first-order valence-corrected chi connectivity index (χ1v) is 7.25. The Kier molecular flexibility index (Phi) is 5.50. The average molecular weight is 259 g/mol. The van der Waals surface area contributed by atoms with Gasteiger partial charge in [-0.05, 0) is 42.4 Å². The van der Waals surface area contributed by atoms with Crippen LogP contribution >= 0.6 is 23.4 Å². The Morgan fingerprint density at radius 2 is 2.06 bits per heavy atom. The quantitative estimate of drug-likeness (QED) is 0.719. The van der Waals surface area contributed by atoms with Crippen molar-refractivity contribution in [1.29, 1.82) is 0 Å². The Hall–Kier alpha value is -0.340. The third kappa shape index (κ3) is 3.60. The number of thioether (sulfide) groups is 1. The molecule has 0 saturated heterocycles. The Bertz CT molecular complexity index is 350. The molecule has 0 aliphatic heterocycles. The average Bonchev–Trinajstić information content (AvgIpc) is 2.21. The van der Waals surface area contributed by atoms with Crippen molar-refractivity contribution in [3.05, 3.63) is 28.3 Å². The second-order valence-electron chi connectivity index (χ2n) is 4.14. The van der Waals surface area contributed by atoms with E-state index in [1.165, 1.54) is 0 Å². The molecule has 0 saturated carbocycles. The first kappa shape index (κ1) is 13.7. The fourth-order valence-corrected chi connectivity index (χ4v) is 2.19. The highest BCUT2D eigenvalue weighted by molar-refractivity contribution is 7.98. The molecule has 1 aromatic rings. The van der Waals surface area contributed by atoms with E-state index < -0.39 is 0 Å². The number of hydrogen-bond donors (Lipinski definition) is 0. The van der Waals surface area contributed by atoms with Gasteiger partial charge >= 0.3 is 0 Å². The van der Waals surface area contributed by atoms with Gasteiger partial charge in [0.25, 0.3) is 0 Å². The predicted molar refractivity (Wildman–Crippen MR) is 74.2 cm³/mol. The molecular weight excluding hydrogens is 240 g/mol. The number of rotatable bonds is 5. The Labute approximate surface area is 108 Å². The second-order valence-corrected chi connectivity index (χ2v) is 5.53. The zero-order valence-electron chi connectivity index (χ0n) is 10.3. The van der Waals surface area contributed by atoms with Crippen LogP contribution in [0.2, 0.25) is 5.02 Å². The van der Waals surface area contributed by atoms with E-state index >= 15 is 0 Å². The highest BCUT2D eigenvalue weighted by Crippen LogP contribution is 2.31. The topological polar surface area (TPSA) is 9.23 Å². The summed E-state index contributed by atoms with van der Waals surface area (Å²) in [5.41, 5.74) is 2.27. The van der Waals surface area contributed by atoms with Crippen molar-refractivity contribution >= 4 is 23.4 Å². The van der Waals surface area contributed by atoms with Crippen molar-refractivity contribution in [3.8, 4) is 5.75 Å². The highest BCUT2D eigenvalue weighted by Gasteiger charge is 2.09. The maximum absolute atomic E-state index is 6.20. The van der Waals surface area contributed by atoms with Crippen LogP contribution in [0.15, 0.2) is 12.1 Å². The van der Waals surface area contributed by atoms with E-state index in [2.05, 4.69) is 26.2 Å². The first-order valence-electron chi connectivity index (χ1n) is 5.48. The minimum atomic E-state index is 0.427. The molecule has 90 valence electrons. The van der Waals surface area contributed by atoms with Crippen molar-refractivity contribution in [1.82, 2.24) is 0 Å². The van der Waals surface area contributed by atoms with Gasteiger partial charge in [0.05, 0.1) is 6.61 Å². The van der Waals surface area contributed by atoms with Crippen LogP contribution in [0.25, 0.3) is 0 Å². The molecule has 0 radical (unpaired) electrons. The Balaban J connectivity index is 2.87. The summed E-state index contributed by atoms with van der Waals surface area (Å²) in [7, 11) is 0. The van der Waals surface area contributed by atoms with Gasteiger partial charge in [-0.3, -0.25) is 0 Å². The van der Waals surface area contributed by atoms with Gasteiger partial charge in [0.15, 0.2) is 0 Å². The number of aryl methyl sites for hydroxylation is 1. The lowest BCUT2D eigenvalue weighted by Crippen LogP contribution is -2.02. The van der Waals surface area contributed by atoms with Gasteiger partial charge in [0.1, 0.15) is 5.75 Å². The zero-order valence-corrected chi connectivity index (χ0v) is 11.9. The number of hydrogen-bond acceptors (Lipinski definition) is 2. The van der Waals surface area contributed by atoms with E-state index in [1.807, 2.05) is 13.0 Å². The van der Waals surface area contributed by atoms with Gasteiger partial charge < -0.3 is 4.74 Å². The summed E-state index contributed by atoms with van der Waals surface area (Å²) in [6, 6.07) is 4.06. The maximum atomic E-state index is 6.20. The van der Waals surface area contributed by atoms with Crippen LogP contribution in [0.3, 0.4) is 0 Å². The van der Waals surface area contributed by atoms with E-state index in [1.54, 1.807) is 11.8 Å². The maximum Gasteiger partial charge on any atom is 0.122 e. The summed E-state index contributed by atoms with van der Waals surface area (Å²) in [5, 5.41) is 0.838. The lowest BCUT2D eigenvalue weighted by atomic mass is 10.0. The largest absolute Gasteiger partial charge is 0.492 e. The van der Waals surface area contributed by atoms with E-state index in [9.17, 15) is 0 Å². The van der Waals surface area contributed by atoms with Crippen LogP contribution in [0.5, 0.6) is 5.75 Å². The molecule has 0 unspecified atom stereocenters. The van der Waals surface area contributed by atoms with Crippen LogP contribution in [0.4, 0.5) is 0 Å². The van der Waals surface area contributed by atoms with Gasteiger partial charge in [0.2, 0.25) is 0 Å². The third-order valence-electron chi connectivity index (χ3n) is 2.46. The molecule has 0 atom stereocenters. The molecule has 0 N–H and O–H groups in total. The van der Waals surface area contributed by atoms with E-state index in [0.29, 0.717) is 5.92 Å². The fraction of sp³-hybridized carbons (Fsp3) is 0.538. The monoisotopic (exact) mass is 258 g/mol. The Morgan fingerprint density at radius 3 is 2.62 bits per heavy atom. The third-order valence-corrected chi connectivity index (χ3v) is 3.36. The molecule has 3 heteroatoms. The number of ether oxygens (including phenoxy) is 1. The van der Waals surface area contributed by atoms with Crippen LogP contribution in [0.1, 0.15) is 30.9 Å². The molecule has 0 fully saturated rings. The van der Waals surface area contributed by atoms with Crippen molar-refractivity contribution in [2.75, 3.05) is 18.6 Å². The van der Waals surface area contributed by atoms with Crippen LogP contribution in [-0.2, 0) is 0 Å². The fourth-order valence-electron chi connectivity index (χ4n) is 1.50. The molecule has 0 heterocycles. The van der Waals surface area contributed by atoms with Gasteiger partial charge in [0, 0.05) is 10.8 Å². The van der Waals surface area contributed by atoms with Crippen molar-refractivity contribution in [3.63, 3.8) is 0 Å². The SMILES string of the molecule is CSCCOc1cc(C(C)C)c(Cl)cc1C. The standard InChI is InChI=1S/C13H19ClOS/c1-9(2)11-8-13(15-5-6-16-4)10(3)7-12(11)14/h7-9H,5-6H2,1-4H3. The van der Waals surface area contributed by atoms with Crippen LogP contribution < -0.4 is 4.74 Å². The summed E-state index contributed by atoms with van der Waals surface area (Å²) in [4.78, 5) is 0. The summed E-state index contributed by atoms with van der Waals surface area (Å²) < 4.78 is 5.74. The summed E-state index contributed by atoms with van der Waals surface area (Å²) in [6.45, 7) is 7.07. The minimum Gasteiger partial charge on any atom is -0.492 e. The lowest BCUT2D eigenvalue weighted by molar-refractivity contribution is 0.341. The van der Waals surface area contributed by atoms with E-state index in [-0.39, 0.29) is 0 Å². The zero-order chi connectivity index (χ0) is 12.1. The van der Waals surface area contributed by atoms with E-state index in [0.717, 1.165) is 34.3 Å². The molecule has 1 aromatic carbocycles. The predicted octanol–water partition coefficient (Wildman–Crippen LogP) is 4.51. The Morgan fingerprint density at radius 1 is 1.38 bits per heavy atom. The normalized spacial score (nSPS) is 10.9. The second kappa shape index (κ2) is 6.41. The van der Waals surface area contributed by atoms with E-state index in [4.69, 9.17) is 16.3 Å². The molecule has 1 nitrogen and oxygen atoms in total. The van der Waals surface area contributed by atoms with Crippen LogP contribution in [0, 0.1) is 6.92 Å². The summed E-state index contributed by atoms with van der Waals surface area (Å²) in [5.74, 6) is 2.40. The van der Waals surface area contributed by atoms with Crippen molar-refractivity contribution in [2.45, 2.75) is 26.7 Å². The van der Waals surface area contributed by atoms with Crippen LogP contribution in [-0.4, -0.2) is 18.6 Å². The first-order chi connectivity index (χ1) is 7.56. The van der Waals surface area contributed by atoms with Crippen molar-refractivity contribution < 1.29 is 4.74 Å². The van der Waals surface area contributed by atoms with Crippen molar-refractivity contribution in [2.24, 2.45) is 0 Å². The minimum absolute atomic E-state index is 0.427. The molecule has 0 aromatic heterocycles. The molecule has 0 bridgehead atoms. The van der Waals surface area contributed by atoms with Gasteiger partial charge in [-0.1, -0.05) is 25.4 Å². The molecule has 16 heavy (non-hydrogen) atoms.